The maximum Gasteiger partial charge on any atom is 0.123 e. The van der Waals surface area contributed by atoms with Crippen LogP contribution in [0.4, 0.5) is 0 Å². The molecule has 0 aliphatic carbocycles. The van der Waals surface area contributed by atoms with E-state index in [0.29, 0.717) is 0 Å². The van der Waals surface area contributed by atoms with Crippen LogP contribution in [0.2, 0.25) is 0 Å². The Bertz CT molecular complexity index is 354. The van der Waals surface area contributed by atoms with Gasteiger partial charge in [0.2, 0.25) is 0 Å². The summed E-state index contributed by atoms with van der Waals surface area (Å²) in [6, 6.07) is 8.30. The molecule has 3 heteroatoms. The van der Waals surface area contributed by atoms with Crippen LogP contribution in [0.5, 0.6) is 5.75 Å². The van der Waals surface area contributed by atoms with E-state index >= 15 is 0 Å². The summed E-state index contributed by atoms with van der Waals surface area (Å²) in [5.74, 6) is 1.80. The monoisotopic (exact) mass is 234 g/mol. The van der Waals surface area contributed by atoms with Gasteiger partial charge in [0.1, 0.15) is 5.75 Å². The van der Waals surface area contributed by atoms with Crippen molar-refractivity contribution in [3.8, 4) is 5.75 Å². The maximum atomic E-state index is 5.39. The standard InChI is InChI=1S/C14H22N2O/c1-15-9-12-7-8-16(10-12)11-13-5-3-4-6-14(13)17-2/h3-6,12,15H,7-11H2,1-2H3. The molecule has 17 heavy (non-hydrogen) atoms. The highest BCUT2D eigenvalue weighted by Gasteiger charge is 2.22. The Morgan fingerprint density at radius 1 is 1.41 bits per heavy atom. The third-order valence-electron chi connectivity index (χ3n) is 3.45. The second kappa shape index (κ2) is 6.03. The molecule has 0 amide bonds. The predicted molar refractivity (Wildman–Crippen MR) is 70.3 cm³/mol. The van der Waals surface area contributed by atoms with Gasteiger partial charge in [-0.05, 0) is 38.5 Å². The summed E-state index contributed by atoms with van der Waals surface area (Å²) in [5.41, 5.74) is 1.29. The first-order valence-electron chi connectivity index (χ1n) is 6.32. The van der Waals surface area contributed by atoms with E-state index in [1.54, 1.807) is 7.11 Å². The fourth-order valence-electron chi connectivity index (χ4n) is 2.59. The smallest absolute Gasteiger partial charge is 0.123 e. The fraction of sp³-hybridized carbons (Fsp3) is 0.571. The van der Waals surface area contributed by atoms with Gasteiger partial charge in [0, 0.05) is 18.7 Å². The largest absolute Gasteiger partial charge is 0.496 e. The number of hydrogen-bond donors (Lipinski definition) is 1. The van der Waals surface area contributed by atoms with Crippen LogP contribution in [-0.4, -0.2) is 38.7 Å². The van der Waals surface area contributed by atoms with Crippen LogP contribution in [0, 0.1) is 5.92 Å². The van der Waals surface area contributed by atoms with Gasteiger partial charge in [0.15, 0.2) is 0 Å². The van der Waals surface area contributed by atoms with Gasteiger partial charge in [-0.25, -0.2) is 0 Å². The highest BCUT2D eigenvalue weighted by atomic mass is 16.5. The molecule has 0 aromatic heterocycles. The number of methoxy groups -OCH3 is 1. The van der Waals surface area contributed by atoms with E-state index in [0.717, 1.165) is 24.8 Å². The van der Waals surface area contributed by atoms with Crippen LogP contribution in [0.15, 0.2) is 24.3 Å². The first-order chi connectivity index (χ1) is 8.33. The summed E-state index contributed by atoms with van der Waals surface area (Å²) in [7, 11) is 3.77. The summed E-state index contributed by atoms with van der Waals surface area (Å²) in [5, 5.41) is 3.27. The van der Waals surface area contributed by atoms with Gasteiger partial charge in [0.05, 0.1) is 7.11 Å². The summed E-state index contributed by atoms with van der Waals surface area (Å²) in [6.45, 7) is 4.52. The Balaban J connectivity index is 1.93. The van der Waals surface area contributed by atoms with Crippen molar-refractivity contribution in [3.05, 3.63) is 29.8 Å². The third-order valence-corrected chi connectivity index (χ3v) is 3.45. The SMILES string of the molecule is CNCC1CCN(Cc2ccccc2OC)C1. The molecular formula is C14H22N2O. The van der Waals surface area contributed by atoms with Crippen LogP contribution >= 0.6 is 0 Å². The van der Waals surface area contributed by atoms with E-state index in [4.69, 9.17) is 4.74 Å². The first kappa shape index (κ1) is 12.4. The number of nitrogens with zero attached hydrogens (tertiary/aromatic N) is 1. The Kier molecular flexibility index (Phi) is 4.40. The number of nitrogens with one attached hydrogen (secondary N) is 1. The minimum absolute atomic E-state index is 0.801. The summed E-state index contributed by atoms with van der Waals surface area (Å²) < 4.78 is 5.39. The van der Waals surface area contributed by atoms with Crippen LogP contribution in [-0.2, 0) is 6.54 Å². The maximum absolute atomic E-state index is 5.39. The molecule has 0 radical (unpaired) electrons. The summed E-state index contributed by atoms with van der Waals surface area (Å²) >= 11 is 0. The number of para-hydroxylation sites is 1. The first-order valence-corrected chi connectivity index (χ1v) is 6.32. The van der Waals surface area contributed by atoms with E-state index in [1.165, 1.54) is 25.1 Å². The minimum atomic E-state index is 0.801. The Morgan fingerprint density at radius 2 is 2.24 bits per heavy atom. The molecule has 1 saturated heterocycles. The highest BCUT2D eigenvalue weighted by molar-refractivity contribution is 5.33. The quantitative estimate of drug-likeness (QED) is 0.840. The Hall–Kier alpha value is -1.06. The molecule has 1 aliphatic heterocycles. The van der Waals surface area contributed by atoms with Crippen LogP contribution in [0.1, 0.15) is 12.0 Å². The van der Waals surface area contributed by atoms with Crippen LogP contribution < -0.4 is 10.1 Å². The lowest BCUT2D eigenvalue weighted by atomic mass is 10.1. The molecule has 1 aliphatic rings. The lowest BCUT2D eigenvalue weighted by molar-refractivity contribution is 0.307. The van der Waals surface area contributed by atoms with Crippen molar-refractivity contribution in [1.82, 2.24) is 10.2 Å². The second-order valence-corrected chi connectivity index (χ2v) is 4.76. The molecule has 1 unspecified atom stereocenters. The zero-order chi connectivity index (χ0) is 12.1. The van der Waals surface area contributed by atoms with Crippen molar-refractivity contribution in [2.24, 2.45) is 5.92 Å². The van der Waals surface area contributed by atoms with Gasteiger partial charge in [-0.3, -0.25) is 4.90 Å². The molecule has 2 rings (SSSR count). The molecular weight excluding hydrogens is 212 g/mol. The molecule has 94 valence electrons. The van der Waals surface area contributed by atoms with E-state index in [9.17, 15) is 0 Å². The van der Waals surface area contributed by atoms with Crippen molar-refractivity contribution in [2.75, 3.05) is 33.8 Å². The third kappa shape index (κ3) is 3.20. The second-order valence-electron chi connectivity index (χ2n) is 4.76. The zero-order valence-electron chi connectivity index (χ0n) is 10.8. The number of hydrogen-bond acceptors (Lipinski definition) is 3. The van der Waals surface area contributed by atoms with Gasteiger partial charge in [-0.1, -0.05) is 18.2 Å². The molecule has 1 aromatic carbocycles. The Morgan fingerprint density at radius 3 is 3.00 bits per heavy atom. The zero-order valence-corrected chi connectivity index (χ0v) is 10.8. The number of ether oxygens (including phenoxy) is 1. The fourth-order valence-corrected chi connectivity index (χ4v) is 2.59. The predicted octanol–water partition coefficient (Wildman–Crippen LogP) is 1.74. The molecule has 1 aromatic rings. The summed E-state index contributed by atoms with van der Waals surface area (Å²) in [4.78, 5) is 2.51. The summed E-state index contributed by atoms with van der Waals surface area (Å²) in [6.07, 6.45) is 1.30. The minimum Gasteiger partial charge on any atom is -0.496 e. The normalized spacial score (nSPS) is 20.7. The van der Waals surface area contributed by atoms with Crippen molar-refractivity contribution in [3.63, 3.8) is 0 Å². The lowest BCUT2D eigenvalue weighted by Crippen LogP contribution is -2.24. The van der Waals surface area contributed by atoms with Crippen molar-refractivity contribution >= 4 is 0 Å². The molecule has 0 saturated carbocycles. The van der Waals surface area contributed by atoms with Crippen LogP contribution in [0.3, 0.4) is 0 Å². The van der Waals surface area contributed by atoms with Gasteiger partial charge in [-0.15, -0.1) is 0 Å². The van der Waals surface area contributed by atoms with Crippen molar-refractivity contribution < 1.29 is 4.74 Å². The van der Waals surface area contributed by atoms with Crippen molar-refractivity contribution in [2.45, 2.75) is 13.0 Å². The van der Waals surface area contributed by atoms with Gasteiger partial charge in [-0.2, -0.15) is 0 Å². The Labute approximate surface area is 104 Å². The van der Waals surface area contributed by atoms with Gasteiger partial charge in [0.25, 0.3) is 0 Å². The number of rotatable bonds is 5. The average Bonchev–Trinajstić information content (AvgIpc) is 2.78. The molecule has 1 N–H and O–H groups in total. The molecule has 0 bridgehead atoms. The molecule has 0 spiro atoms. The number of likely N-dealkylation sites (tertiary alicyclic amines) is 1. The highest BCUT2D eigenvalue weighted by Crippen LogP contribution is 2.23. The molecule has 1 atom stereocenters. The van der Waals surface area contributed by atoms with E-state index in [1.807, 2.05) is 19.2 Å². The molecule has 1 heterocycles. The van der Waals surface area contributed by atoms with Crippen molar-refractivity contribution in [1.29, 1.82) is 0 Å². The van der Waals surface area contributed by atoms with E-state index in [-0.39, 0.29) is 0 Å². The lowest BCUT2D eigenvalue weighted by Gasteiger charge is -2.17. The number of benzene rings is 1. The van der Waals surface area contributed by atoms with Gasteiger partial charge < -0.3 is 10.1 Å². The average molecular weight is 234 g/mol. The van der Waals surface area contributed by atoms with Crippen LogP contribution in [0.25, 0.3) is 0 Å². The van der Waals surface area contributed by atoms with E-state index < -0.39 is 0 Å². The molecule has 1 fully saturated rings. The van der Waals surface area contributed by atoms with Gasteiger partial charge >= 0.3 is 0 Å². The topological polar surface area (TPSA) is 24.5 Å². The van der Waals surface area contributed by atoms with E-state index in [2.05, 4.69) is 22.3 Å². The molecule has 3 nitrogen and oxygen atoms in total.